The highest BCUT2D eigenvalue weighted by Gasteiger charge is 2.49. The number of hydrogen-bond donors (Lipinski definition) is 0. The SMILES string of the molecule is CCCCCCOCCN1C[C@H](OC(C)=O)[C@@H](OC(C)=O)[C@H](OC(C)=O)[C@H]1COC(C)=O. The summed E-state index contributed by atoms with van der Waals surface area (Å²) in [6, 6.07) is -0.609. The van der Waals surface area contributed by atoms with Crippen LogP contribution in [0.5, 0.6) is 0 Å². The van der Waals surface area contributed by atoms with Gasteiger partial charge in [0.05, 0.1) is 12.6 Å². The highest BCUT2D eigenvalue weighted by molar-refractivity contribution is 5.68. The molecule has 0 aromatic heterocycles. The molecular formula is C22H37NO9. The number of likely N-dealkylation sites (tertiary alicyclic amines) is 1. The molecule has 0 saturated carbocycles. The van der Waals surface area contributed by atoms with E-state index >= 15 is 0 Å². The summed E-state index contributed by atoms with van der Waals surface area (Å²) in [5.41, 5.74) is 0. The molecule has 1 heterocycles. The monoisotopic (exact) mass is 459 g/mol. The quantitative estimate of drug-likeness (QED) is 0.228. The summed E-state index contributed by atoms with van der Waals surface area (Å²) < 4.78 is 27.2. The van der Waals surface area contributed by atoms with Crippen LogP contribution in [0.4, 0.5) is 0 Å². The Kier molecular flexibility index (Phi) is 12.9. The van der Waals surface area contributed by atoms with E-state index in [0.717, 1.165) is 25.7 Å². The standard InChI is InChI=1S/C22H37NO9/c1-6-7-8-9-11-28-12-10-23-13-20(30-16(3)25)22(32-18(5)27)21(31-17(4)26)19(23)14-29-15(2)24/h19-22H,6-14H2,1-5H3/t19-,20+,21-,22-/m1/s1. The molecule has 0 aromatic carbocycles. The van der Waals surface area contributed by atoms with Crippen molar-refractivity contribution in [3.8, 4) is 0 Å². The van der Waals surface area contributed by atoms with Gasteiger partial charge in [0.15, 0.2) is 18.3 Å². The molecule has 10 nitrogen and oxygen atoms in total. The van der Waals surface area contributed by atoms with E-state index in [1.54, 1.807) is 0 Å². The van der Waals surface area contributed by atoms with Crippen LogP contribution in [0.1, 0.15) is 60.3 Å². The molecule has 0 spiro atoms. The van der Waals surface area contributed by atoms with E-state index in [1.807, 2.05) is 4.90 Å². The zero-order valence-electron chi connectivity index (χ0n) is 19.8. The van der Waals surface area contributed by atoms with Crippen molar-refractivity contribution in [1.82, 2.24) is 4.90 Å². The van der Waals surface area contributed by atoms with Crippen LogP contribution in [0.15, 0.2) is 0 Å². The third-order valence-electron chi connectivity index (χ3n) is 5.00. The van der Waals surface area contributed by atoms with Crippen molar-refractivity contribution >= 4 is 23.9 Å². The second-order valence-corrected chi connectivity index (χ2v) is 7.83. The van der Waals surface area contributed by atoms with Gasteiger partial charge in [0, 0.05) is 47.4 Å². The number of carbonyl (C=O) groups excluding carboxylic acids is 4. The Labute approximate surface area is 189 Å². The second-order valence-electron chi connectivity index (χ2n) is 7.83. The van der Waals surface area contributed by atoms with Gasteiger partial charge < -0.3 is 23.7 Å². The Bertz CT molecular complexity index is 625. The maximum Gasteiger partial charge on any atom is 0.303 e. The minimum atomic E-state index is -1.04. The fourth-order valence-corrected chi connectivity index (χ4v) is 3.67. The first-order valence-corrected chi connectivity index (χ1v) is 11.1. The van der Waals surface area contributed by atoms with Crippen LogP contribution in [0.2, 0.25) is 0 Å². The lowest BCUT2D eigenvalue weighted by atomic mass is 9.93. The molecule has 0 unspecified atom stereocenters. The number of rotatable bonds is 13. The maximum atomic E-state index is 11.8. The molecule has 32 heavy (non-hydrogen) atoms. The molecule has 1 aliphatic heterocycles. The van der Waals surface area contributed by atoms with E-state index in [-0.39, 0.29) is 13.2 Å². The normalized spacial score (nSPS) is 23.3. The van der Waals surface area contributed by atoms with Crippen molar-refractivity contribution in [1.29, 1.82) is 0 Å². The van der Waals surface area contributed by atoms with Gasteiger partial charge in [-0.1, -0.05) is 26.2 Å². The molecule has 0 aromatic rings. The molecule has 10 heteroatoms. The first kappa shape index (κ1) is 27.8. The number of esters is 4. The Morgan fingerprint density at radius 2 is 1.41 bits per heavy atom. The summed E-state index contributed by atoms with van der Waals surface area (Å²) in [5, 5.41) is 0. The Hall–Kier alpha value is -2.20. The van der Waals surface area contributed by atoms with Crippen LogP contribution < -0.4 is 0 Å². The van der Waals surface area contributed by atoms with Gasteiger partial charge in [-0.05, 0) is 6.42 Å². The zero-order chi connectivity index (χ0) is 24.1. The summed E-state index contributed by atoms with van der Waals surface area (Å²) in [7, 11) is 0. The lowest BCUT2D eigenvalue weighted by Gasteiger charge is -2.46. The van der Waals surface area contributed by atoms with Crippen LogP contribution in [-0.4, -0.2) is 86.0 Å². The largest absolute Gasteiger partial charge is 0.464 e. The van der Waals surface area contributed by atoms with E-state index in [1.165, 1.54) is 27.7 Å². The molecule has 1 aliphatic rings. The first-order valence-electron chi connectivity index (χ1n) is 11.1. The minimum Gasteiger partial charge on any atom is -0.464 e. The van der Waals surface area contributed by atoms with Gasteiger partial charge >= 0.3 is 23.9 Å². The molecular weight excluding hydrogens is 422 g/mol. The predicted octanol–water partition coefficient (Wildman–Crippen LogP) is 1.63. The number of nitrogens with zero attached hydrogens (tertiary/aromatic N) is 1. The Morgan fingerprint density at radius 1 is 0.781 bits per heavy atom. The van der Waals surface area contributed by atoms with E-state index in [9.17, 15) is 19.2 Å². The summed E-state index contributed by atoms with van der Waals surface area (Å²) in [4.78, 5) is 48.6. The van der Waals surface area contributed by atoms with Crippen LogP contribution in [0, 0.1) is 0 Å². The van der Waals surface area contributed by atoms with Crippen molar-refractivity contribution in [2.45, 2.75) is 84.7 Å². The predicted molar refractivity (Wildman–Crippen MR) is 114 cm³/mol. The molecule has 1 fully saturated rings. The fraction of sp³-hybridized carbons (Fsp3) is 0.818. The van der Waals surface area contributed by atoms with Crippen molar-refractivity contribution in [3.63, 3.8) is 0 Å². The fourth-order valence-electron chi connectivity index (χ4n) is 3.67. The lowest BCUT2D eigenvalue weighted by Crippen LogP contribution is -2.66. The topological polar surface area (TPSA) is 118 Å². The highest BCUT2D eigenvalue weighted by Crippen LogP contribution is 2.27. The molecule has 184 valence electrons. The van der Waals surface area contributed by atoms with Crippen molar-refractivity contribution in [3.05, 3.63) is 0 Å². The second kappa shape index (κ2) is 14.8. The van der Waals surface area contributed by atoms with Gasteiger partial charge in [0.2, 0.25) is 0 Å². The van der Waals surface area contributed by atoms with Gasteiger partial charge in [-0.25, -0.2) is 0 Å². The third kappa shape index (κ3) is 10.4. The number of piperidine rings is 1. The molecule has 1 rings (SSSR count). The van der Waals surface area contributed by atoms with Gasteiger partial charge in [0.25, 0.3) is 0 Å². The number of hydrogen-bond acceptors (Lipinski definition) is 10. The number of carbonyl (C=O) groups is 4. The number of ether oxygens (including phenoxy) is 5. The van der Waals surface area contributed by atoms with E-state index in [0.29, 0.717) is 19.8 Å². The van der Waals surface area contributed by atoms with Crippen LogP contribution in [0.25, 0.3) is 0 Å². The molecule has 4 atom stereocenters. The lowest BCUT2D eigenvalue weighted by molar-refractivity contribution is -0.208. The summed E-state index contributed by atoms with van der Waals surface area (Å²) >= 11 is 0. The summed E-state index contributed by atoms with van der Waals surface area (Å²) in [6.07, 6.45) is 1.47. The smallest absolute Gasteiger partial charge is 0.303 e. The third-order valence-corrected chi connectivity index (χ3v) is 5.00. The average Bonchev–Trinajstić information content (AvgIpc) is 2.68. The Morgan fingerprint density at radius 3 is 1.97 bits per heavy atom. The molecule has 1 saturated heterocycles. The molecule has 0 aliphatic carbocycles. The molecule has 0 amide bonds. The summed E-state index contributed by atoms with van der Waals surface area (Å²) in [5.74, 6) is -2.26. The Balaban J connectivity index is 3.02. The van der Waals surface area contributed by atoms with E-state index in [4.69, 9.17) is 23.7 Å². The molecule has 0 bridgehead atoms. The average molecular weight is 460 g/mol. The van der Waals surface area contributed by atoms with Gasteiger partial charge in [-0.15, -0.1) is 0 Å². The van der Waals surface area contributed by atoms with Crippen molar-refractivity contribution < 1.29 is 42.9 Å². The van der Waals surface area contributed by atoms with E-state index in [2.05, 4.69) is 6.92 Å². The zero-order valence-corrected chi connectivity index (χ0v) is 19.8. The molecule has 0 radical (unpaired) electrons. The van der Waals surface area contributed by atoms with Crippen molar-refractivity contribution in [2.24, 2.45) is 0 Å². The first-order chi connectivity index (χ1) is 15.1. The molecule has 0 N–H and O–H groups in total. The van der Waals surface area contributed by atoms with Gasteiger partial charge in [0.1, 0.15) is 6.61 Å². The van der Waals surface area contributed by atoms with Crippen LogP contribution in [-0.2, 0) is 42.9 Å². The minimum absolute atomic E-state index is 0.0890. The van der Waals surface area contributed by atoms with Gasteiger partial charge in [-0.2, -0.15) is 0 Å². The van der Waals surface area contributed by atoms with Gasteiger partial charge in [-0.3, -0.25) is 24.1 Å². The van der Waals surface area contributed by atoms with E-state index < -0.39 is 48.2 Å². The van der Waals surface area contributed by atoms with Crippen LogP contribution >= 0.6 is 0 Å². The summed E-state index contributed by atoms with van der Waals surface area (Å²) in [6.45, 7) is 8.65. The van der Waals surface area contributed by atoms with Crippen molar-refractivity contribution in [2.75, 3.05) is 32.9 Å². The highest BCUT2D eigenvalue weighted by atomic mass is 16.6. The maximum absolute atomic E-state index is 11.8. The van der Waals surface area contributed by atoms with Crippen LogP contribution in [0.3, 0.4) is 0 Å². The number of unbranched alkanes of at least 4 members (excludes halogenated alkanes) is 3.